The highest BCUT2D eigenvalue weighted by molar-refractivity contribution is 5.01. The summed E-state index contributed by atoms with van der Waals surface area (Å²) in [6, 6.07) is 0.386. The molecule has 1 saturated heterocycles. The van der Waals surface area contributed by atoms with Gasteiger partial charge in [0.15, 0.2) is 0 Å². The van der Waals surface area contributed by atoms with E-state index < -0.39 is 0 Å². The second-order valence-electron chi connectivity index (χ2n) is 4.52. The number of likely N-dealkylation sites (tertiary alicyclic amines) is 1. The zero-order valence-electron chi connectivity index (χ0n) is 10.2. The minimum Gasteiger partial charge on any atom is -0.447 e. The molecule has 0 spiro atoms. The molecule has 2 rings (SSSR count). The van der Waals surface area contributed by atoms with Crippen molar-refractivity contribution in [3.05, 3.63) is 17.8 Å². The summed E-state index contributed by atoms with van der Waals surface area (Å²) in [7, 11) is 4.11. The number of aromatic nitrogens is 1. The molecule has 0 bridgehead atoms. The molecule has 4 heteroatoms. The van der Waals surface area contributed by atoms with Crippen LogP contribution in [0.3, 0.4) is 0 Å². The molecule has 1 unspecified atom stereocenters. The molecular weight excluding hydrogens is 202 g/mol. The lowest BCUT2D eigenvalue weighted by Gasteiger charge is -2.29. The molecule has 1 aliphatic heterocycles. The van der Waals surface area contributed by atoms with Crippen LogP contribution in [0.1, 0.15) is 36.9 Å². The van der Waals surface area contributed by atoms with Gasteiger partial charge in [-0.2, -0.15) is 0 Å². The van der Waals surface area contributed by atoms with Gasteiger partial charge in [0.25, 0.3) is 0 Å². The normalized spacial score (nSPS) is 22.5. The molecular formula is C12H21N3O. The van der Waals surface area contributed by atoms with Gasteiger partial charge in [-0.05, 0) is 33.5 Å². The first kappa shape index (κ1) is 11.6. The largest absolute Gasteiger partial charge is 0.447 e. The molecule has 0 amide bonds. The van der Waals surface area contributed by atoms with Gasteiger partial charge in [0.05, 0.1) is 11.7 Å². The molecule has 1 aliphatic rings. The van der Waals surface area contributed by atoms with E-state index in [4.69, 9.17) is 4.42 Å². The summed E-state index contributed by atoms with van der Waals surface area (Å²) < 4.78 is 5.59. The van der Waals surface area contributed by atoms with Gasteiger partial charge >= 0.3 is 0 Å². The number of nitrogens with one attached hydrogen (secondary N) is 1. The lowest BCUT2D eigenvalue weighted by molar-refractivity contribution is 0.159. The van der Waals surface area contributed by atoms with Gasteiger partial charge in [-0.3, -0.25) is 4.90 Å². The van der Waals surface area contributed by atoms with E-state index in [-0.39, 0.29) is 0 Å². The highest BCUT2D eigenvalue weighted by Gasteiger charge is 2.24. The van der Waals surface area contributed by atoms with Crippen molar-refractivity contribution >= 4 is 0 Å². The van der Waals surface area contributed by atoms with Gasteiger partial charge in [0.1, 0.15) is 6.26 Å². The van der Waals surface area contributed by atoms with Crippen molar-refractivity contribution in [1.29, 1.82) is 0 Å². The van der Waals surface area contributed by atoms with E-state index in [1.54, 1.807) is 6.26 Å². The quantitative estimate of drug-likeness (QED) is 0.841. The number of rotatable bonds is 4. The Labute approximate surface area is 97.0 Å². The van der Waals surface area contributed by atoms with Crippen LogP contribution in [0.15, 0.2) is 10.7 Å². The maximum absolute atomic E-state index is 5.59. The van der Waals surface area contributed by atoms with Gasteiger partial charge in [0.2, 0.25) is 5.89 Å². The van der Waals surface area contributed by atoms with Crippen LogP contribution in [0.2, 0.25) is 0 Å². The van der Waals surface area contributed by atoms with Gasteiger partial charge in [0, 0.05) is 13.0 Å². The van der Waals surface area contributed by atoms with E-state index in [0.29, 0.717) is 6.04 Å². The van der Waals surface area contributed by atoms with Crippen LogP contribution in [0.4, 0.5) is 0 Å². The Morgan fingerprint density at radius 1 is 1.56 bits per heavy atom. The summed E-state index contributed by atoms with van der Waals surface area (Å²) in [5.41, 5.74) is 1.06. The van der Waals surface area contributed by atoms with Crippen LogP contribution >= 0.6 is 0 Å². The molecule has 1 atom stereocenters. The minimum atomic E-state index is 0.386. The summed E-state index contributed by atoms with van der Waals surface area (Å²) in [4.78, 5) is 6.92. The predicted molar refractivity (Wildman–Crippen MR) is 63.4 cm³/mol. The summed E-state index contributed by atoms with van der Waals surface area (Å²) in [5.74, 6) is 0.897. The van der Waals surface area contributed by atoms with Gasteiger partial charge in [-0.15, -0.1) is 0 Å². The Kier molecular flexibility index (Phi) is 3.96. The Morgan fingerprint density at radius 3 is 3.19 bits per heavy atom. The number of likely N-dealkylation sites (N-methyl/N-ethyl adjacent to an activating group) is 1. The fraction of sp³-hybridized carbons (Fsp3) is 0.750. The van der Waals surface area contributed by atoms with Crippen molar-refractivity contribution in [2.24, 2.45) is 0 Å². The van der Waals surface area contributed by atoms with Crippen LogP contribution in [-0.4, -0.2) is 37.1 Å². The average Bonchev–Trinajstić information content (AvgIpc) is 2.75. The summed E-state index contributed by atoms with van der Waals surface area (Å²) >= 11 is 0. The van der Waals surface area contributed by atoms with Gasteiger partial charge < -0.3 is 9.73 Å². The molecule has 1 aromatic heterocycles. The van der Waals surface area contributed by atoms with E-state index in [0.717, 1.165) is 31.1 Å². The maximum atomic E-state index is 5.59. The number of hydrogen-bond donors (Lipinski definition) is 1. The summed E-state index contributed by atoms with van der Waals surface area (Å²) in [6.07, 6.45) is 6.48. The Balaban J connectivity index is 1.99. The maximum Gasteiger partial charge on any atom is 0.211 e. The fourth-order valence-electron chi connectivity index (χ4n) is 2.23. The molecule has 0 radical (unpaired) electrons. The van der Waals surface area contributed by atoms with Crippen molar-refractivity contribution in [3.8, 4) is 0 Å². The van der Waals surface area contributed by atoms with Crippen LogP contribution in [0.5, 0.6) is 0 Å². The molecule has 1 N–H and O–H groups in total. The third kappa shape index (κ3) is 2.62. The molecule has 4 nitrogen and oxygen atoms in total. The number of oxazole rings is 1. The molecule has 0 saturated carbocycles. The lowest BCUT2D eigenvalue weighted by atomic mass is 10.0. The fourth-order valence-corrected chi connectivity index (χ4v) is 2.23. The summed E-state index contributed by atoms with van der Waals surface area (Å²) in [5, 5.41) is 3.12. The topological polar surface area (TPSA) is 41.3 Å². The number of nitrogens with zero attached hydrogens (tertiary/aromatic N) is 2. The molecule has 2 heterocycles. The van der Waals surface area contributed by atoms with Gasteiger partial charge in [-0.25, -0.2) is 4.98 Å². The molecule has 90 valence electrons. The van der Waals surface area contributed by atoms with E-state index in [1.807, 2.05) is 7.05 Å². The first-order valence-corrected chi connectivity index (χ1v) is 6.10. The van der Waals surface area contributed by atoms with Crippen molar-refractivity contribution in [1.82, 2.24) is 15.2 Å². The Hall–Kier alpha value is -0.870. The van der Waals surface area contributed by atoms with E-state index in [1.165, 1.54) is 19.3 Å². The molecule has 1 aromatic rings. The predicted octanol–water partition coefficient (Wildman–Crippen LogP) is 1.59. The standard InChI is InChI=1S/C12H21N3O/c1-13-7-6-10-9-16-12(14-10)11-5-3-4-8-15(11)2/h9,11,13H,3-8H2,1-2H3. The lowest BCUT2D eigenvalue weighted by Crippen LogP contribution is -2.29. The van der Waals surface area contributed by atoms with Crippen LogP contribution in [-0.2, 0) is 6.42 Å². The average molecular weight is 223 g/mol. The zero-order chi connectivity index (χ0) is 11.4. The van der Waals surface area contributed by atoms with Crippen molar-refractivity contribution in [2.45, 2.75) is 31.7 Å². The highest BCUT2D eigenvalue weighted by Crippen LogP contribution is 2.28. The van der Waals surface area contributed by atoms with Gasteiger partial charge in [-0.1, -0.05) is 6.42 Å². The molecule has 0 aliphatic carbocycles. The van der Waals surface area contributed by atoms with Crippen LogP contribution in [0, 0.1) is 0 Å². The van der Waals surface area contributed by atoms with Crippen LogP contribution < -0.4 is 5.32 Å². The highest BCUT2D eigenvalue weighted by atomic mass is 16.3. The summed E-state index contributed by atoms with van der Waals surface area (Å²) in [6.45, 7) is 2.10. The smallest absolute Gasteiger partial charge is 0.211 e. The van der Waals surface area contributed by atoms with E-state index >= 15 is 0 Å². The van der Waals surface area contributed by atoms with Crippen molar-refractivity contribution in [2.75, 3.05) is 27.2 Å². The Morgan fingerprint density at radius 2 is 2.44 bits per heavy atom. The molecule has 16 heavy (non-hydrogen) atoms. The molecule has 0 aromatic carbocycles. The third-order valence-corrected chi connectivity index (χ3v) is 3.26. The SMILES string of the molecule is CNCCc1coc(C2CCCCN2C)n1. The zero-order valence-corrected chi connectivity index (χ0v) is 10.2. The van der Waals surface area contributed by atoms with E-state index in [2.05, 4.69) is 22.2 Å². The van der Waals surface area contributed by atoms with Crippen molar-refractivity contribution in [3.63, 3.8) is 0 Å². The minimum absolute atomic E-state index is 0.386. The Bertz CT molecular complexity index is 324. The first-order valence-electron chi connectivity index (χ1n) is 6.10. The van der Waals surface area contributed by atoms with E-state index in [9.17, 15) is 0 Å². The number of piperidine rings is 1. The second-order valence-corrected chi connectivity index (χ2v) is 4.52. The third-order valence-electron chi connectivity index (χ3n) is 3.26. The first-order chi connectivity index (χ1) is 7.81. The van der Waals surface area contributed by atoms with Crippen LogP contribution in [0.25, 0.3) is 0 Å². The second kappa shape index (κ2) is 5.46. The monoisotopic (exact) mass is 223 g/mol. The number of hydrogen-bond acceptors (Lipinski definition) is 4. The molecule has 1 fully saturated rings. The van der Waals surface area contributed by atoms with Crippen molar-refractivity contribution < 1.29 is 4.42 Å².